The standard InChI is InChI=1S/C11H14BrN3O/c12-9-3-2-8(7-14-9)15-10(16)6-11(13)4-1-5-11/h2-3,7H,1,4-6,13H2,(H,15,16). The number of hydrogen-bond acceptors (Lipinski definition) is 3. The number of nitrogens with one attached hydrogen (secondary N) is 1. The van der Waals surface area contributed by atoms with Crippen LogP contribution in [0.4, 0.5) is 5.69 Å². The zero-order valence-electron chi connectivity index (χ0n) is 8.87. The zero-order chi connectivity index (χ0) is 11.6. The molecular weight excluding hydrogens is 270 g/mol. The minimum atomic E-state index is -0.271. The number of nitrogens with two attached hydrogens (primary N) is 1. The number of carbonyl (C=O) groups excluding carboxylic acids is 1. The second-order valence-electron chi connectivity index (χ2n) is 4.31. The molecule has 0 saturated heterocycles. The first kappa shape index (κ1) is 11.5. The Morgan fingerprint density at radius 1 is 1.56 bits per heavy atom. The van der Waals surface area contributed by atoms with Gasteiger partial charge in [-0.25, -0.2) is 4.98 Å². The Hall–Kier alpha value is -0.940. The number of rotatable bonds is 3. The molecule has 1 aromatic heterocycles. The lowest BCUT2D eigenvalue weighted by Crippen LogP contribution is -2.48. The van der Waals surface area contributed by atoms with Gasteiger partial charge in [-0.05, 0) is 47.3 Å². The van der Waals surface area contributed by atoms with Crippen molar-refractivity contribution in [1.82, 2.24) is 4.98 Å². The molecule has 1 heterocycles. The van der Waals surface area contributed by atoms with E-state index in [1.807, 2.05) is 0 Å². The van der Waals surface area contributed by atoms with Crippen molar-refractivity contribution in [3.05, 3.63) is 22.9 Å². The van der Waals surface area contributed by atoms with Gasteiger partial charge in [-0.3, -0.25) is 4.79 Å². The number of pyridine rings is 1. The van der Waals surface area contributed by atoms with Crippen LogP contribution in [0.5, 0.6) is 0 Å². The summed E-state index contributed by atoms with van der Waals surface area (Å²) in [5.41, 5.74) is 6.43. The van der Waals surface area contributed by atoms with Crippen molar-refractivity contribution in [3.63, 3.8) is 0 Å². The molecule has 0 bridgehead atoms. The maximum atomic E-state index is 11.7. The molecule has 0 aromatic carbocycles. The highest BCUT2D eigenvalue weighted by atomic mass is 79.9. The molecule has 0 radical (unpaired) electrons. The highest BCUT2D eigenvalue weighted by molar-refractivity contribution is 9.10. The number of hydrogen-bond donors (Lipinski definition) is 2. The molecule has 1 aliphatic carbocycles. The van der Waals surface area contributed by atoms with Gasteiger partial charge in [0.2, 0.25) is 5.91 Å². The van der Waals surface area contributed by atoms with Gasteiger partial charge in [-0.1, -0.05) is 0 Å². The van der Waals surface area contributed by atoms with Crippen LogP contribution >= 0.6 is 15.9 Å². The molecule has 1 aromatic rings. The molecule has 4 nitrogen and oxygen atoms in total. The van der Waals surface area contributed by atoms with Crippen LogP contribution in [-0.4, -0.2) is 16.4 Å². The third kappa shape index (κ3) is 2.80. The topological polar surface area (TPSA) is 68.0 Å². The Morgan fingerprint density at radius 3 is 2.81 bits per heavy atom. The Bertz CT molecular complexity index is 387. The summed E-state index contributed by atoms with van der Waals surface area (Å²) in [6.07, 6.45) is 5.02. The average Bonchev–Trinajstić information content (AvgIpc) is 2.19. The summed E-state index contributed by atoms with van der Waals surface area (Å²) in [6.45, 7) is 0. The van der Waals surface area contributed by atoms with Crippen molar-refractivity contribution in [1.29, 1.82) is 0 Å². The van der Waals surface area contributed by atoms with Crippen LogP contribution in [0.3, 0.4) is 0 Å². The molecule has 1 aliphatic rings. The molecule has 0 spiro atoms. The minimum Gasteiger partial charge on any atom is -0.325 e. The van der Waals surface area contributed by atoms with E-state index in [0.717, 1.165) is 23.9 Å². The first-order valence-corrected chi connectivity index (χ1v) is 6.07. The molecule has 3 N–H and O–H groups in total. The van der Waals surface area contributed by atoms with Crippen molar-refractivity contribution in [2.75, 3.05) is 5.32 Å². The summed E-state index contributed by atoms with van der Waals surface area (Å²) in [7, 11) is 0. The highest BCUT2D eigenvalue weighted by Crippen LogP contribution is 2.32. The largest absolute Gasteiger partial charge is 0.325 e. The third-order valence-electron chi connectivity index (χ3n) is 2.87. The second-order valence-corrected chi connectivity index (χ2v) is 5.12. The first-order chi connectivity index (χ1) is 7.57. The highest BCUT2D eigenvalue weighted by Gasteiger charge is 2.34. The van der Waals surface area contributed by atoms with E-state index in [-0.39, 0.29) is 11.4 Å². The summed E-state index contributed by atoms with van der Waals surface area (Å²) in [5.74, 6) is -0.0358. The van der Waals surface area contributed by atoms with Gasteiger partial charge < -0.3 is 11.1 Å². The van der Waals surface area contributed by atoms with E-state index in [0.29, 0.717) is 12.1 Å². The quantitative estimate of drug-likeness (QED) is 0.835. The van der Waals surface area contributed by atoms with E-state index in [4.69, 9.17) is 5.73 Å². The maximum Gasteiger partial charge on any atom is 0.226 e. The molecule has 1 saturated carbocycles. The number of aromatic nitrogens is 1. The average molecular weight is 284 g/mol. The molecule has 86 valence electrons. The molecule has 1 amide bonds. The fraction of sp³-hybridized carbons (Fsp3) is 0.455. The van der Waals surface area contributed by atoms with Crippen LogP contribution in [0.15, 0.2) is 22.9 Å². The van der Waals surface area contributed by atoms with Crippen LogP contribution in [0.25, 0.3) is 0 Å². The van der Waals surface area contributed by atoms with Crippen LogP contribution < -0.4 is 11.1 Å². The van der Waals surface area contributed by atoms with Gasteiger partial charge in [0.05, 0.1) is 11.9 Å². The third-order valence-corrected chi connectivity index (χ3v) is 3.34. The molecule has 1 fully saturated rings. The maximum absolute atomic E-state index is 11.7. The Morgan fingerprint density at radius 2 is 2.31 bits per heavy atom. The van der Waals surface area contributed by atoms with Gasteiger partial charge in [0, 0.05) is 12.0 Å². The van der Waals surface area contributed by atoms with Gasteiger partial charge in [-0.2, -0.15) is 0 Å². The Balaban J connectivity index is 1.89. The van der Waals surface area contributed by atoms with E-state index in [1.54, 1.807) is 18.3 Å². The van der Waals surface area contributed by atoms with Crippen molar-refractivity contribution in [2.45, 2.75) is 31.2 Å². The number of nitrogens with zero attached hydrogens (tertiary/aromatic N) is 1. The number of anilines is 1. The second kappa shape index (κ2) is 4.51. The summed E-state index contributed by atoms with van der Waals surface area (Å²) >= 11 is 3.24. The fourth-order valence-electron chi connectivity index (χ4n) is 1.78. The summed E-state index contributed by atoms with van der Waals surface area (Å²) < 4.78 is 0.750. The number of halogens is 1. The van der Waals surface area contributed by atoms with Crippen LogP contribution in [-0.2, 0) is 4.79 Å². The van der Waals surface area contributed by atoms with E-state index in [1.165, 1.54) is 0 Å². The van der Waals surface area contributed by atoms with Crippen molar-refractivity contribution < 1.29 is 4.79 Å². The molecule has 5 heteroatoms. The first-order valence-electron chi connectivity index (χ1n) is 5.28. The van der Waals surface area contributed by atoms with Gasteiger partial charge in [-0.15, -0.1) is 0 Å². The Kier molecular flexibility index (Phi) is 3.25. The SMILES string of the molecule is NC1(CC(=O)Nc2ccc(Br)nc2)CCC1. The van der Waals surface area contributed by atoms with Crippen LogP contribution in [0.1, 0.15) is 25.7 Å². The van der Waals surface area contributed by atoms with E-state index in [2.05, 4.69) is 26.2 Å². The summed E-state index contributed by atoms with van der Waals surface area (Å²) in [5, 5.41) is 2.79. The van der Waals surface area contributed by atoms with Crippen molar-refractivity contribution in [3.8, 4) is 0 Å². The molecule has 0 unspecified atom stereocenters. The van der Waals surface area contributed by atoms with Crippen molar-refractivity contribution >= 4 is 27.5 Å². The van der Waals surface area contributed by atoms with E-state index >= 15 is 0 Å². The summed E-state index contributed by atoms with van der Waals surface area (Å²) in [4.78, 5) is 15.7. The smallest absolute Gasteiger partial charge is 0.226 e. The monoisotopic (exact) mass is 283 g/mol. The lowest BCUT2D eigenvalue weighted by Gasteiger charge is -2.37. The van der Waals surface area contributed by atoms with Crippen LogP contribution in [0, 0.1) is 0 Å². The van der Waals surface area contributed by atoms with Gasteiger partial charge in [0.15, 0.2) is 0 Å². The number of carbonyl (C=O) groups is 1. The molecule has 2 rings (SSSR count). The van der Waals surface area contributed by atoms with E-state index in [9.17, 15) is 4.79 Å². The fourth-order valence-corrected chi connectivity index (χ4v) is 2.02. The van der Waals surface area contributed by atoms with E-state index < -0.39 is 0 Å². The lowest BCUT2D eigenvalue weighted by molar-refractivity contribution is -0.118. The van der Waals surface area contributed by atoms with Crippen LogP contribution in [0.2, 0.25) is 0 Å². The molecular formula is C11H14BrN3O. The van der Waals surface area contributed by atoms with Crippen molar-refractivity contribution in [2.24, 2.45) is 5.73 Å². The predicted octanol–water partition coefficient (Wildman–Crippen LogP) is 2.05. The molecule has 16 heavy (non-hydrogen) atoms. The lowest BCUT2D eigenvalue weighted by atomic mass is 9.75. The zero-order valence-corrected chi connectivity index (χ0v) is 10.5. The number of amides is 1. The Labute approximate surface area is 103 Å². The molecule has 0 atom stereocenters. The van der Waals surface area contributed by atoms with Gasteiger partial charge in [0.1, 0.15) is 4.60 Å². The normalized spacial score (nSPS) is 17.6. The van der Waals surface area contributed by atoms with Gasteiger partial charge in [0.25, 0.3) is 0 Å². The van der Waals surface area contributed by atoms with Gasteiger partial charge >= 0.3 is 0 Å². The molecule has 0 aliphatic heterocycles. The summed E-state index contributed by atoms with van der Waals surface area (Å²) in [6, 6.07) is 3.59. The predicted molar refractivity (Wildman–Crippen MR) is 66.0 cm³/mol. The minimum absolute atomic E-state index is 0.0358.